The van der Waals surface area contributed by atoms with Crippen molar-refractivity contribution in [2.24, 2.45) is 0 Å². The van der Waals surface area contributed by atoms with Crippen molar-refractivity contribution < 1.29 is 14.4 Å². The molecule has 9 heteroatoms. The average Bonchev–Trinajstić information content (AvgIpc) is 3.44. The lowest BCUT2D eigenvalue weighted by Crippen LogP contribution is -2.53. The quantitative estimate of drug-likeness (QED) is 0.523. The van der Waals surface area contributed by atoms with Gasteiger partial charge in [0.1, 0.15) is 6.54 Å². The highest BCUT2D eigenvalue weighted by Gasteiger charge is 2.24. The maximum Gasteiger partial charge on any atom is 0.317 e. The molecular weight excluding hydrogens is 474 g/mol. The zero-order valence-corrected chi connectivity index (χ0v) is 21.5. The van der Waals surface area contributed by atoms with Crippen LogP contribution in [0.5, 0.6) is 0 Å². The lowest BCUT2D eigenvalue weighted by Gasteiger charge is -2.37. The van der Waals surface area contributed by atoms with Crippen LogP contribution in [0, 0.1) is 0 Å². The third-order valence-electron chi connectivity index (χ3n) is 6.72. The van der Waals surface area contributed by atoms with Crippen molar-refractivity contribution in [1.82, 2.24) is 15.1 Å². The number of amides is 4. The fourth-order valence-electron chi connectivity index (χ4n) is 4.74. The molecule has 36 heavy (non-hydrogen) atoms. The summed E-state index contributed by atoms with van der Waals surface area (Å²) in [4.78, 5) is 44.1. The van der Waals surface area contributed by atoms with Crippen LogP contribution < -0.4 is 15.5 Å². The van der Waals surface area contributed by atoms with Crippen LogP contribution in [0.2, 0.25) is 0 Å². The van der Waals surface area contributed by atoms with E-state index in [4.69, 9.17) is 0 Å². The van der Waals surface area contributed by atoms with Gasteiger partial charge in [-0.15, -0.1) is 17.9 Å². The molecule has 0 spiro atoms. The highest BCUT2D eigenvalue weighted by Crippen LogP contribution is 2.21. The molecule has 0 unspecified atom stereocenters. The summed E-state index contributed by atoms with van der Waals surface area (Å²) in [5, 5.41) is 7.92. The van der Waals surface area contributed by atoms with Gasteiger partial charge in [0.2, 0.25) is 5.91 Å². The van der Waals surface area contributed by atoms with Gasteiger partial charge >= 0.3 is 6.03 Å². The van der Waals surface area contributed by atoms with E-state index in [9.17, 15) is 14.4 Å². The van der Waals surface area contributed by atoms with Gasteiger partial charge in [-0.2, -0.15) is 0 Å². The van der Waals surface area contributed by atoms with Gasteiger partial charge in [0, 0.05) is 50.1 Å². The summed E-state index contributed by atoms with van der Waals surface area (Å²) in [6.45, 7) is 6.87. The highest BCUT2D eigenvalue weighted by atomic mass is 32.1. The van der Waals surface area contributed by atoms with E-state index in [-0.39, 0.29) is 24.4 Å². The second kappa shape index (κ2) is 12.6. The number of thiophene rings is 1. The van der Waals surface area contributed by atoms with Crippen molar-refractivity contribution in [3.05, 3.63) is 59.3 Å². The molecule has 8 nitrogen and oxygen atoms in total. The van der Waals surface area contributed by atoms with Gasteiger partial charge in [-0.1, -0.05) is 31.4 Å². The number of nitrogens with one attached hydrogen (secondary N) is 2. The Morgan fingerprint density at radius 3 is 2.39 bits per heavy atom. The van der Waals surface area contributed by atoms with Crippen molar-refractivity contribution in [1.29, 1.82) is 0 Å². The van der Waals surface area contributed by atoms with Crippen LogP contribution in [0.1, 0.15) is 41.8 Å². The molecule has 0 bridgehead atoms. The fourth-order valence-corrected chi connectivity index (χ4v) is 5.43. The van der Waals surface area contributed by atoms with Gasteiger partial charge in [0.25, 0.3) is 5.91 Å². The predicted octanol–water partition coefficient (Wildman–Crippen LogP) is 4.18. The molecule has 2 aliphatic rings. The van der Waals surface area contributed by atoms with Crippen LogP contribution in [-0.2, 0) is 4.79 Å². The monoisotopic (exact) mass is 509 g/mol. The topological polar surface area (TPSA) is 85.0 Å². The molecule has 2 fully saturated rings. The molecular formula is C27H35N5O3S. The van der Waals surface area contributed by atoms with Crippen LogP contribution in [0.3, 0.4) is 0 Å². The van der Waals surface area contributed by atoms with E-state index in [2.05, 4.69) is 22.1 Å². The molecule has 1 saturated carbocycles. The van der Waals surface area contributed by atoms with Gasteiger partial charge in [-0.05, 0) is 48.6 Å². The largest absolute Gasteiger partial charge is 0.368 e. The van der Waals surface area contributed by atoms with E-state index in [1.807, 2.05) is 40.6 Å². The fraction of sp³-hybridized carbons (Fsp3) is 0.444. The standard InChI is InChI=1S/C27H35N5O3S/c1-2-14-32(26(34)24-9-6-19-36-24)20-25(33)28-22-10-12-23(13-11-22)30-15-17-31(18-16-30)27(35)29-21-7-4-3-5-8-21/h2,6,9-13,19,21H,1,3-5,7-8,14-18,20H2,(H,28,33)(H,29,35). The summed E-state index contributed by atoms with van der Waals surface area (Å²) in [6.07, 6.45) is 7.48. The number of urea groups is 1. The van der Waals surface area contributed by atoms with E-state index in [1.165, 1.54) is 35.5 Å². The Balaban J connectivity index is 1.24. The maximum atomic E-state index is 12.6. The number of hydrogen-bond acceptors (Lipinski definition) is 5. The minimum Gasteiger partial charge on any atom is -0.368 e. The first-order valence-corrected chi connectivity index (χ1v) is 13.6. The van der Waals surface area contributed by atoms with E-state index >= 15 is 0 Å². The second-order valence-corrected chi connectivity index (χ2v) is 10.3. The van der Waals surface area contributed by atoms with Crippen LogP contribution in [0.25, 0.3) is 0 Å². The second-order valence-electron chi connectivity index (χ2n) is 9.31. The minimum atomic E-state index is -0.257. The zero-order chi connectivity index (χ0) is 25.3. The maximum absolute atomic E-state index is 12.6. The third kappa shape index (κ3) is 6.87. The molecule has 1 aromatic heterocycles. The van der Waals surface area contributed by atoms with E-state index < -0.39 is 0 Å². The first kappa shape index (κ1) is 25.8. The minimum absolute atomic E-state index is 0.0462. The van der Waals surface area contributed by atoms with Gasteiger partial charge in [0.05, 0.1) is 4.88 Å². The van der Waals surface area contributed by atoms with Crippen molar-refractivity contribution in [3.63, 3.8) is 0 Å². The third-order valence-corrected chi connectivity index (χ3v) is 7.58. The van der Waals surface area contributed by atoms with Gasteiger partial charge in [0.15, 0.2) is 0 Å². The summed E-state index contributed by atoms with van der Waals surface area (Å²) in [7, 11) is 0. The van der Waals surface area contributed by atoms with Gasteiger partial charge < -0.3 is 25.3 Å². The Kier molecular flexibility index (Phi) is 9.00. The molecule has 1 saturated heterocycles. The molecule has 192 valence electrons. The van der Waals surface area contributed by atoms with Crippen LogP contribution >= 0.6 is 11.3 Å². The molecule has 1 aliphatic carbocycles. The Morgan fingerprint density at radius 2 is 1.75 bits per heavy atom. The Hall–Kier alpha value is -3.33. The first-order chi connectivity index (χ1) is 17.5. The number of hydrogen-bond donors (Lipinski definition) is 2. The number of anilines is 2. The number of benzene rings is 1. The predicted molar refractivity (Wildman–Crippen MR) is 145 cm³/mol. The smallest absolute Gasteiger partial charge is 0.317 e. The summed E-state index contributed by atoms with van der Waals surface area (Å²) in [6, 6.07) is 11.6. The van der Waals surface area contributed by atoms with Gasteiger partial charge in [-0.25, -0.2) is 4.79 Å². The summed E-state index contributed by atoms with van der Waals surface area (Å²) in [5.74, 6) is -0.436. The molecule has 2 N–H and O–H groups in total. The summed E-state index contributed by atoms with van der Waals surface area (Å²) in [5.41, 5.74) is 1.73. The van der Waals surface area contributed by atoms with Crippen LogP contribution in [0.15, 0.2) is 54.4 Å². The van der Waals surface area contributed by atoms with Crippen LogP contribution in [0.4, 0.5) is 16.2 Å². The average molecular weight is 510 g/mol. The van der Waals surface area contributed by atoms with Crippen molar-refractivity contribution in [2.45, 2.75) is 38.1 Å². The van der Waals surface area contributed by atoms with E-state index in [0.717, 1.165) is 31.6 Å². The lowest BCUT2D eigenvalue weighted by atomic mass is 9.96. The SMILES string of the molecule is C=CCN(CC(=O)Nc1ccc(N2CCN(C(=O)NC3CCCCC3)CC2)cc1)C(=O)c1cccs1. The Morgan fingerprint density at radius 1 is 1.03 bits per heavy atom. The van der Waals surface area contributed by atoms with Crippen LogP contribution in [-0.4, -0.2) is 73.0 Å². The molecule has 4 amide bonds. The van der Waals surface area contributed by atoms with E-state index in [1.54, 1.807) is 12.1 Å². The summed E-state index contributed by atoms with van der Waals surface area (Å²) < 4.78 is 0. The Labute approximate surface area is 216 Å². The van der Waals surface area contributed by atoms with Crippen molar-refractivity contribution in [3.8, 4) is 0 Å². The number of piperazine rings is 1. The lowest BCUT2D eigenvalue weighted by molar-refractivity contribution is -0.116. The highest BCUT2D eigenvalue weighted by molar-refractivity contribution is 7.12. The number of rotatable bonds is 8. The molecule has 2 heterocycles. The zero-order valence-electron chi connectivity index (χ0n) is 20.7. The normalized spacial score (nSPS) is 16.3. The molecule has 4 rings (SSSR count). The Bertz CT molecular complexity index is 1030. The molecule has 2 aromatic rings. The molecule has 0 radical (unpaired) electrons. The number of nitrogens with zero attached hydrogens (tertiary/aromatic N) is 3. The first-order valence-electron chi connectivity index (χ1n) is 12.7. The molecule has 1 aliphatic heterocycles. The number of carbonyl (C=O) groups excluding carboxylic acids is 3. The summed E-state index contributed by atoms with van der Waals surface area (Å²) >= 11 is 1.35. The molecule has 0 atom stereocenters. The van der Waals surface area contributed by atoms with Crippen molar-refractivity contribution >= 4 is 40.6 Å². The van der Waals surface area contributed by atoms with E-state index in [0.29, 0.717) is 36.2 Å². The van der Waals surface area contributed by atoms with Crippen molar-refractivity contribution in [2.75, 3.05) is 49.5 Å². The molecule has 1 aromatic carbocycles. The number of carbonyl (C=O) groups is 3. The van der Waals surface area contributed by atoms with Gasteiger partial charge in [-0.3, -0.25) is 9.59 Å².